The van der Waals surface area contributed by atoms with Crippen molar-refractivity contribution in [3.8, 4) is 5.69 Å². The predicted molar refractivity (Wildman–Crippen MR) is 77.9 cm³/mol. The number of para-hydroxylation sites is 1. The molecule has 0 fully saturated rings. The highest BCUT2D eigenvalue weighted by molar-refractivity contribution is 8.00. The second kappa shape index (κ2) is 6.04. The summed E-state index contributed by atoms with van der Waals surface area (Å²) in [5, 5.41) is 12.1. The predicted octanol–water partition coefficient (Wildman–Crippen LogP) is 1.54. The molecule has 1 heterocycles. The fourth-order valence-electron chi connectivity index (χ4n) is 1.78. The summed E-state index contributed by atoms with van der Waals surface area (Å²) in [5.41, 5.74) is 2.00. The lowest BCUT2D eigenvalue weighted by atomic mass is 10.2. The molecule has 1 aromatic heterocycles. The van der Waals surface area contributed by atoms with Crippen molar-refractivity contribution >= 4 is 17.7 Å². The molecule has 106 valence electrons. The lowest BCUT2D eigenvalue weighted by molar-refractivity contribution is -0.127. The maximum absolute atomic E-state index is 11.9. The van der Waals surface area contributed by atoms with Crippen LogP contribution in [0.5, 0.6) is 0 Å². The first kappa shape index (κ1) is 14.5. The van der Waals surface area contributed by atoms with Crippen molar-refractivity contribution in [2.24, 2.45) is 0 Å². The number of benzene rings is 1. The summed E-state index contributed by atoms with van der Waals surface area (Å²) in [5.74, 6) is 0.0364. The normalized spacial score (nSPS) is 12.2. The first-order chi connectivity index (χ1) is 9.50. The van der Waals surface area contributed by atoms with E-state index in [1.165, 1.54) is 11.8 Å². The number of rotatable bonds is 4. The van der Waals surface area contributed by atoms with Crippen LogP contribution in [0, 0.1) is 6.92 Å². The van der Waals surface area contributed by atoms with E-state index in [0.717, 1.165) is 11.3 Å². The second-order valence-electron chi connectivity index (χ2n) is 4.65. The smallest absolute Gasteiger partial charge is 0.235 e. The van der Waals surface area contributed by atoms with Crippen molar-refractivity contribution in [3.05, 3.63) is 29.8 Å². The Morgan fingerprint density at radius 2 is 2.05 bits per heavy atom. The van der Waals surface area contributed by atoms with Gasteiger partial charge in [-0.25, -0.2) is 0 Å². The lowest BCUT2D eigenvalue weighted by Gasteiger charge is -2.16. The number of carbonyl (C=O) groups excluding carboxylic acids is 1. The average Bonchev–Trinajstić information content (AvgIpc) is 2.86. The molecule has 1 amide bonds. The number of nitrogens with zero attached hydrogens (tertiary/aromatic N) is 5. The van der Waals surface area contributed by atoms with Gasteiger partial charge in [-0.1, -0.05) is 30.0 Å². The zero-order valence-corrected chi connectivity index (χ0v) is 12.8. The highest BCUT2D eigenvalue weighted by Gasteiger charge is 2.20. The third-order valence-corrected chi connectivity index (χ3v) is 3.88. The Hall–Kier alpha value is -1.89. The van der Waals surface area contributed by atoms with Crippen LogP contribution in [-0.2, 0) is 4.79 Å². The molecule has 0 saturated heterocycles. The molecule has 0 aliphatic rings. The van der Waals surface area contributed by atoms with Crippen LogP contribution in [0.2, 0.25) is 0 Å². The fourth-order valence-corrected chi connectivity index (χ4v) is 2.72. The molecule has 2 aromatic rings. The van der Waals surface area contributed by atoms with Gasteiger partial charge in [0.05, 0.1) is 10.9 Å². The minimum absolute atomic E-state index is 0.0364. The second-order valence-corrected chi connectivity index (χ2v) is 5.96. The summed E-state index contributed by atoms with van der Waals surface area (Å²) in [6.07, 6.45) is 0. The van der Waals surface area contributed by atoms with Gasteiger partial charge in [-0.3, -0.25) is 4.79 Å². The molecule has 6 nitrogen and oxygen atoms in total. The number of tetrazole rings is 1. The minimum Gasteiger partial charge on any atom is -0.348 e. The third kappa shape index (κ3) is 2.98. The average molecular weight is 291 g/mol. The van der Waals surface area contributed by atoms with Gasteiger partial charge in [0.1, 0.15) is 0 Å². The number of aryl methyl sites for hydroxylation is 1. The van der Waals surface area contributed by atoms with Crippen LogP contribution < -0.4 is 0 Å². The molecule has 0 radical (unpaired) electrons. The van der Waals surface area contributed by atoms with Crippen LogP contribution in [-0.4, -0.2) is 50.4 Å². The minimum atomic E-state index is -0.237. The monoisotopic (exact) mass is 291 g/mol. The first-order valence-corrected chi connectivity index (χ1v) is 7.11. The van der Waals surface area contributed by atoms with Gasteiger partial charge < -0.3 is 4.90 Å². The summed E-state index contributed by atoms with van der Waals surface area (Å²) in [7, 11) is 3.48. The molecular weight excluding hydrogens is 274 g/mol. The number of aromatic nitrogens is 4. The Kier molecular flexibility index (Phi) is 4.39. The fraction of sp³-hybridized carbons (Fsp3) is 0.385. The van der Waals surface area contributed by atoms with Crippen molar-refractivity contribution in [2.45, 2.75) is 24.3 Å². The van der Waals surface area contributed by atoms with E-state index >= 15 is 0 Å². The maximum Gasteiger partial charge on any atom is 0.235 e. The van der Waals surface area contributed by atoms with Gasteiger partial charge in [-0.15, -0.1) is 5.10 Å². The molecular formula is C13H17N5OS. The number of amides is 1. The summed E-state index contributed by atoms with van der Waals surface area (Å²) < 4.78 is 1.67. The van der Waals surface area contributed by atoms with Crippen LogP contribution in [0.3, 0.4) is 0 Å². The number of carbonyl (C=O) groups is 1. The number of thioether (sulfide) groups is 1. The van der Waals surface area contributed by atoms with Crippen LogP contribution in [0.25, 0.3) is 5.69 Å². The van der Waals surface area contributed by atoms with Crippen molar-refractivity contribution < 1.29 is 4.79 Å². The Bertz CT molecular complexity index is 610. The highest BCUT2D eigenvalue weighted by Crippen LogP contribution is 2.24. The summed E-state index contributed by atoms with van der Waals surface area (Å²) in [6.45, 7) is 3.85. The molecule has 20 heavy (non-hydrogen) atoms. The van der Waals surface area contributed by atoms with Gasteiger partial charge in [-0.05, 0) is 35.9 Å². The lowest BCUT2D eigenvalue weighted by Crippen LogP contribution is -2.29. The van der Waals surface area contributed by atoms with Crippen LogP contribution in [0.15, 0.2) is 29.4 Å². The molecule has 0 bridgehead atoms. The van der Waals surface area contributed by atoms with Crippen molar-refractivity contribution in [2.75, 3.05) is 14.1 Å². The van der Waals surface area contributed by atoms with Crippen molar-refractivity contribution in [1.82, 2.24) is 25.1 Å². The molecule has 1 atom stereocenters. The molecule has 2 rings (SSSR count). The number of hydrogen-bond acceptors (Lipinski definition) is 5. The van der Waals surface area contributed by atoms with E-state index in [9.17, 15) is 4.79 Å². The summed E-state index contributed by atoms with van der Waals surface area (Å²) in [4.78, 5) is 13.5. The van der Waals surface area contributed by atoms with Crippen molar-refractivity contribution in [3.63, 3.8) is 0 Å². The highest BCUT2D eigenvalue weighted by atomic mass is 32.2. The van der Waals surface area contributed by atoms with Crippen LogP contribution in [0.1, 0.15) is 12.5 Å². The third-order valence-electron chi connectivity index (χ3n) is 2.86. The topological polar surface area (TPSA) is 63.9 Å². The van der Waals surface area contributed by atoms with Gasteiger partial charge in [0.25, 0.3) is 0 Å². The molecule has 1 aromatic carbocycles. The first-order valence-electron chi connectivity index (χ1n) is 6.23. The Labute approximate surface area is 122 Å². The zero-order valence-electron chi connectivity index (χ0n) is 11.9. The van der Waals surface area contributed by atoms with E-state index in [-0.39, 0.29) is 11.2 Å². The standard InChI is InChI=1S/C13H17N5OS/c1-9-7-5-6-8-11(9)18-13(14-15-16-18)20-10(2)12(19)17(3)4/h5-8,10H,1-4H3/t10-/m0/s1. The molecule has 0 aliphatic heterocycles. The van der Waals surface area contributed by atoms with Gasteiger partial charge in [0.2, 0.25) is 11.1 Å². The SMILES string of the molecule is Cc1ccccc1-n1nnnc1S[C@@H](C)C(=O)N(C)C. The largest absolute Gasteiger partial charge is 0.348 e. The van der Waals surface area contributed by atoms with E-state index in [4.69, 9.17) is 0 Å². The van der Waals surface area contributed by atoms with Crippen LogP contribution in [0.4, 0.5) is 0 Å². The number of hydrogen-bond donors (Lipinski definition) is 0. The molecule has 0 saturated carbocycles. The Balaban J connectivity index is 2.26. The van der Waals surface area contributed by atoms with E-state index in [1.54, 1.807) is 23.7 Å². The Morgan fingerprint density at radius 3 is 2.70 bits per heavy atom. The van der Waals surface area contributed by atoms with Crippen LogP contribution >= 0.6 is 11.8 Å². The summed E-state index contributed by atoms with van der Waals surface area (Å²) >= 11 is 1.35. The molecule has 0 spiro atoms. The van der Waals surface area contributed by atoms with E-state index in [1.807, 2.05) is 38.1 Å². The zero-order chi connectivity index (χ0) is 14.7. The molecule has 0 N–H and O–H groups in total. The maximum atomic E-state index is 11.9. The summed E-state index contributed by atoms with van der Waals surface area (Å²) in [6, 6.07) is 7.86. The van der Waals surface area contributed by atoms with Gasteiger partial charge in [-0.2, -0.15) is 4.68 Å². The quantitative estimate of drug-likeness (QED) is 0.800. The Morgan fingerprint density at radius 1 is 1.35 bits per heavy atom. The molecule has 0 aliphatic carbocycles. The van der Waals surface area contributed by atoms with E-state index in [2.05, 4.69) is 15.5 Å². The van der Waals surface area contributed by atoms with Gasteiger partial charge in [0.15, 0.2) is 0 Å². The van der Waals surface area contributed by atoms with E-state index in [0.29, 0.717) is 5.16 Å². The van der Waals surface area contributed by atoms with E-state index < -0.39 is 0 Å². The van der Waals surface area contributed by atoms with Gasteiger partial charge >= 0.3 is 0 Å². The van der Waals surface area contributed by atoms with Crippen molar-refractivity contribution in [1.29, 1.82) is 0 Å². The molecule has 0 unspecified atom stereocenters. The molecule has 7 heteroatoms. The van der Waals surface area contributed by atoms with Gasteiger partial charge in [0, 0.05) is 14.1 Å².